The summed E-state index contributed by atoms with van der Waals surface area (Å²) in [7, 11) is 1.55. The Morgan fingerprint density at radius 1 is 1.33 bits per heavy atom. The molecule has 2 rings (SSSR count). The molecule has 24 heavy (non-hydrogen) atoms. The molecule has 4 N–H and O–H groups in total. The number of hydrogen-bond acceptors (Lipinski definition) is 7. The van der Waals surface area contributed by atoms with Crippen molar-refractivity contribution in [1.29, 1.82) is 0 Å². The van der Waals surface area contributed by atoms with E-state index in [0.29, 0.717) is 26.2 Å². The summed E-state index contributed by atoms with van der Waals surface area (Å²) >= 11 is 0. The zero-order valence-corrected chi connectivity index (χ0v) is 13.7. The number of amides is 1. The van der Waals surface area contributed by atoms with Crippen LogP contribution in [0.2, 0.25) is 0 Å². The molecule has 4 atom stereocenters. The van der Waals surface area contributed by atoms with Gasteiger partial charge in [0.05, 0.1) is 30.9 Å². The van der Waals surface area contributed by atoms with Gasteiger partial charge in [-0.15, -0.1) is 0 Å². The van der Waals surface area contributed by atoms with Gasteiger partial charge < -0.3 is 30.3 Å². The lowest BCUT2D eigenvalue weighted by atomic mass is 10.1. The molecule has 2 heterocycles. The van der Waals surface area contributed by atoms with Crippen molar-refractivity contribution in [3.8, 4) is 0 Å². The average Bonchev–Trinajstić information content (AvgIpc) is 2.84. The molecule has 0 aliphatic carbocycles. The largest absolute Gasteiger partial charge is 0.388 e. The maximum atomic E-state index is 11.8. The van der Waals surface area contributed by atoms with Crippen LogP contribution in [0, 0.1) is 0 Å². The fourth-order valence-electron chi connectivity index (χ4n) is 2.56. The van der Waals surface area contributed by atoms with E-state index in [1.54, 1.807) is 13.3 Å². The first-order valence-corrected chi connectivity index (χ1v) is 7.99. The van der Waals surface area contributed by atoms with Crippen LogP contribution in [0.1, 0.15) is 12.1 Å². The van der Waals surface area contributed by atoms with E-state index in [2.05, 4.69) is 15.6 Å². The van der Waals surface area contributed by atoms with Gasteiger partial charge in [0, 0.05) is 32.9 Å². The van der Waals surface area contributed by atoms with E-state index in [0.717, 1.165) is 5.69 Å². The summed E-state index contributed by atoms with van der Waals surface area (Å²) in [5, 5.41) is 25.9. The number of aromatic nitrogens is 1. The minimum absolute atomic E-state index is 0.00131. The van der Waals surface area contributed by atoms with Crippen molar-refractivity contribution >= 4 is 5.91 Å². The molecular weight excluding hydrogens is 314 g/mol. The smallest absolute Gasteiger partial charge is 0.222 e. The highest BCUT2D eigenvalue weighted by molar-refractivity contribution is 5.76. The first-order chi connectivity index (χ1) is 11.6. The number of carbonyl (C=O) groups is 1. The predicted molar refractivity (Wildman–Crippen MR) is 86.1 cm³/mol. The standard InChI is InChI=1S/C16H25N3O5/c1-23-7-6-19-14(20)8-12-15(21)16(22)13(24-12)10-17-9-11-4-2-3-5-18-11/h2-5,12-13,15-17,21-22H,6-10H2,1H3,(H,19,20)/t12-,13+,15-,16+/m0/s1. The number of aliphatic hydroxyl groups excluding tert-OH is 2. The van der Waals surface area contributed by atoms with E-state index in [4.69, 9.17) is 9.47 Å². The van der Waals surface area contributed by atoms with Crippen LogP contribution in [0.3, 0.4) is 0 Å². The Labute approximate surface area is 141 Å². The molecule has 1 aromatic heterocycles. The van der Waals surface area contributed by atoms with Crippen LogP contribution in [0.15, 0.2) is 24.4 Å². The first kappa shape index (κ1) is 18.8. The zero-order valence-electron chi connectivity index (χ0n) is 13.7. The van der Waals surface area contributed by atoms with Crippen molar-refractivity contribution in [1.82, 2.24) is 15.6 Å². The lowest BCUT2D eigenvalue weighted by molar-refractivity contribution is -0.125. The van der Waals surface area contributed by atoms with Crippen molar-refractivity contribution in [3.63, 3.8) is 0 Å². The molecule has 1 aromatic rings. The van der Waals surface area contributed by atoms with Gasteiger partial charge in [0.2, 0.25) is 5.91 Å². The molecule has 1 amide bonds. The Kier molecular flexibility index (Phi) is 7.54. The Morgan fingerprint density at radius 2 is 2.12 bits per heavy atom. The number of aliphatic hydroxyl groups is 2. The maximum absolute atomic E-state index is 11.8. The predicted octanol–water partition coefficient (Wildman–Crippen LogP) is -1.19. The SMILES string of the molecule is COCCNC(=O)C[C@@H]1O[C@H](CNCc2ccccn2)[C@@H](O)[C@H]1O. The van der Waals surface area contributed by atoms with Crippen molar-refractivity contribution in [2.45, 2.75) is 37.4 Å². The molecule has 0 radical (unpaired) electrons. The van der Waals surface area contributed by atoms with Crippen molar-refractivity contribution in [2.75, 3.05) is 26.8 Å². The average molecular weight is 339 g/mol. The molecule has 1 aliphatic heterocycles. The number of pyridine rings is 1. The summed E-state index contributed by atoms with van der Waals surface area (Å²) in [6.45, 7) is 1.71. The topological polar surface area (TPSA) is 113 Å². The second-order valence-corrected chi connectivity index (χ2v) is 5.69. The quantitative estimate of drug-likeness (QED) is 0.419. The fourth-order valence-corrected chi connectivity index (χ4v) is 2.56. The highest BCUT2D eigenvalue weighted by atomic mass is 16.5. The van der Waals surface area contributed by atoms with E-state index in [1.807, 2.05) is 18.2 Å². The second kappa shape index (κ2) is 9.65. The number of ether oxygens (including phenoxy) is 2. The van der Waals surface area contributed by atoms with Gasteiger partial charge in [-0.05, 0) is 12.1 Å². The van der Waals surface area contributed by atoms with Crippen LogP contribution in [0.5, 0.6) is 0 Å². The maximum Gasteiger partial charge on any atom is 0.222 e. The summed E-state index contributed by atoms with van der Waals surface area (Å²) in [5.74, 6) is -0.245. The van der Waals surface area contributed by atoms with Gasteiger partial charge in [-0.3, -0.25) is 9.78 Å². The Balaban J connectivity index is 1.74. The normalized spacial score (nSPS) is 26.5. The van der Waals surface area contributed by atoms with Gasteiger partial charge in [-0.25, -0.2) is 0 Å². The van der Waals surface area contributed by atoms with E-state index >= 15 is 0 Å². The van der Waals surface area contributed by atoms with Crippen molar-refractivity contribution in [3.05, 3.63) is 30.1 Å². The van der Waals surface area contributed by atoms with Crippen LogP contribution in [-0.2, 0) is 20.8 Å². The molecule has 8 nitrogen and oxygen atoms in total. The molecule has 1 saturated heterocycles. The van der Waals surface area contributed by atoms with Crippen LogP contribution in [0.4, 0.5) is 0 Å². The molecule has 0 saturated carbocycles. The molecule has 8 heteroatoms. The molecule has 0 aromatic carbocycles. The highest BCUT2D eigenvalue weighted by Gasteiger charge is 2.42. The number of hydrogen-bond donors (Lipinski definition) is 4. The van der Waals surface area contributed by atoms with E-state index in [1.165, 1.54) is 0 Å². The Bertz CT molecular complexity index is 502. The van der Waals surface area contributed by atoms with Crippen LogP contribution in [-0.4, -0.2) is 72.3 Å². The minimum atomic E-state index is -1.08. The number of nitrogens with one attached hydrogen (secondary N) is 2. The van der Waals surface area contributed by atoms with E-state index in [-0.39, 0.29) is 12.3 Å². The van der Waals surface area contributed by atoms with Gasteiger partial charge in [0.25, 0.3) is 0 Å². The lowest BCUT2D eigenvalue weighted by Crippen LogP contribution is -2.38. The summed E-state index contributed by atoms with van der Waals surface area (Å²) in [6.07, 6.45) is -1.69. The third-order valence-electron chi connectivity index (χ3n) is 3.85. The second-order valence-electron chi connectivity index (χ2n) is 5.69. The zero-order chi connectivity index (χ0) is 17.4. The van der Waals surface area contributed by atoms with Gasteiger partial charge in [-0.1, -0.05) is 6.07 Å². The minimum Gasteiger partial charge on any atom is -0.388 e. The Hall–Kier alpha value is -1.58. The third kappa shape index (κ3) is 5.50. The molecule has 0 spiro atoms. The summed E-state index contributed by atoms with van der Waals surface area (Å²) in [5.41, 5.74) is 0.875. The van der Waals surface area contributed by atoms with Crippen molar-refractivity contribution < 1.29 is 24.5 Å². The number of methoxy groups -OCH3 is 1. The number of nitrogens with zero attached hydrogens (tertiary/aromatic N) is 1. The fraction of sp³-hybridized carbons (Fsp3) is 0.625. The van der Waals surface area contributed by atoms with Crippen LogP contribution < -0.4 is 10.6 Å². The monoisotopic (exact) mass is 339 g/mol. The van der Waals surface area contributed by atoms with Crippen molar-refractivity contribution in [2.24, 2.45) is 0 Å². The van der Waals surface area contributed by atoms with E-state index in [9.17, 15) is 15.0 Å². The molecule has 1 fully saturated rings. The Morgan fingerprint density at radius 3 is 2.83 bits per heavy atom. The van der Waals surface area contributed by atoms with Crippen LogP contribution >= 0.6 is 0 Å². The number of carbonyl (C=O) groups excluding carboxylic acids is 1. The molecular formula is C16H25N3O5. The van der Waals surface area contributed by atoms with Gasteiger partial charge in [-0.2, -0.15) is 0 Å². The van der Waals surface area contributed by atoms with E-state index < -0.39 is 24.4 Å². The third-order valence-corrected chi connectivity index (χ3v) is 3.85. The highest BCUT2D eigenvalue weighted by Crippen LogP contribution is 2.23. The number of rotatable bonds is 9. The molecule has 0 bridgehead atoms. The lowest BCUT2D eigenvalue weighted by Gasteiger charge is -2.15. The van der Waals surface area contributed by atoms with Gasteiger partial charge >= 0.3 is 0 Å². The molecule has 1 aliphatic rings. The van der Waals surface area contributed by atoms with Crippen LogP contribution in [0.25, 0.3) is 0 Å². The summed E-state index contributed by atoms with van der Waals surface area (Å²) in [4.78, 5) is 16.0. The van der Waals surface area contributed by atoms with Gasteiger partial charge in [0.1, 0.15) is 12.2 Å². The summed E-state index contributed by atoms with van der Waals surface area (Å²) in [6, 6.07) is 5.62. The first-order valence-electron chi connectivity index (χ1n) is 7.99. The molecule has 0 unspecified atom stereocenters. The van der Waals surface area contributed by atoms with Gasteiger partial charge in [0.15, 0.2) is 0 Å². The molecule has 134 valence electrons. The summed E-state index contributed by atoms with van der Waals surface area (Å²) < 4.78 is 10.5.